The number of ether oxygens (including phenoxy) is 1. The largest absolute Gasteiger partial charge is 0.484 e. The smallest absolute Gasteiger partial charge is 0.416 e. The van der Waals surface area contributed by atoms with Crippen molar-refractivity contribution in [2.75, 3.05) is 19.7 Å². The lowest BCUT2D eigenvalue weighted by Crippen LogP contribution is -2.43. The number of imidazole rings is 1. The van der Waals surface area contributed by atoms with Crippen molar-refractivity contribution in [3.63, 3.8) is 0 Å². The van der Waals surface area contributed by atoms with Gasteiger partial charge in [0.25, 0.3) is 5.91 Å². The van der Waals surface area contributed by atoms with Crippen LogP contribution in [0, 0.1) is 5.92 Å². The molecule has 2 unspecified atom stereocenters. The molecular weight excluding hydrogens is 459 g/mol. The summed E-state index contributed by atoms with van der Waals surface area (Å²) in [5.74, 6) is -0.208. The van der Waals surface area contributed by atoms with E-state index in [9.17, 15) is 23.1 Å². The lowest BCUT2D eigenvalue weighted by molar-refractivity contribution is -0.137. The van der Waals surface area contributed by atoms with Gasteiger partial charge in [-0.15, -0.1) is 0 Å². The van der Waals surface area contributed by atoms with Crippen molar-refractivity contribution in [3.8, 4) is 17.0 Å². The molecule has 1 saturated heterocycles. The molecule has 6 nitrogen and oxygen atoms in total. The van der Waals surface area contributed by atoms with E-state index in [2.05, 4.69) is 21.7 Å². The van der Waals surface area contributed by atoms with Gasteiger partial charge in [0.2, 0.25) is 0 Å². The molecule has 1 fully saturated rings. The van der Waals surface area contributed by atoms with Crippen LogP contribution in [0.4, 0.5) is 13.2 Å². The fourth-order valence-electron chi connectivity index (χ4n) is 5.13. The number of amides is 1. The Morgan fingerprint density at radius 1 is 1.14 bits per heavy atom. The Morgan fingerprint density at radius 2 is 1.91 bits per heavy atom. The van der Waals surface area contributed by atoms with Crippen molar-refractivity contribution >= 4 is 5.91 Å². The number of benzene rings is 2. The number of alkyl halides is 3. The lowest BCUT2D eigenvalue weighted by atomic mass is 9.86. The highest BCUT2D eigenvalue weighted by Gasteiger charge is 2.34. The molecular formula is C26H26F3N3O3. The normalized spacial score (nSPS) is 18.7. The molecule has 1 aromatic heterocycles. The second-order valence-electron chi connectivity index (χ2n) is 9.12. The third kappa shape index (κ3) is 4.77. The van der Waals surface area contributed by atoms with Gasteiger partial charge in [-0.1, -0.05) is 30.3 Å². The molecule has 9 heteroatoms. The molecule has 3 aromatic rings. The van der Waals surface area contributed by atoms with Crippen LogP contribution in [-0.2, 0) is 11.0 Å². The Bertz CT molecular complexity index is 1200. The number of halogens is 3. The minimum Gasteiger partial charge on any atom is -0.484 e. The van der Waals surface area contributed by atoms with Crippen LogP contribution in [0.1, 0.15) is 36.4 Å². The number of hydrogen-bond acceptors (Lipinski definition) is 4. The number of fused-ring (bicyclic) bond motifs is 3. The zero-order valence-electron chi connectivity index (χ0n) is 19.0. The summed E-state index contributed by atoms with van der Waals surface area (Å²) in [6.07, 6.45) is 0.530. The summed E-state index contributed by atoms with van der Waals surface area (Å²) < 4.78 is 46.0. The van der Waals surface area contributed by atoms with Crippen molar-refractivity contribution in [1.82, 2.24) is 14.5 Å². The number of nitrogens with zero attached hydrogens (tertiary/aromatic N) is 3. The number of carbonyl (C=O) groups excluding carboxylic acids is 1. The van der Waals surface area contributed by atoms with Gasteiger partial charge in [-0.2, -0.15) is 13.2 Å². The second kappa shape index (κ2) is 9.37. The average molecular weight is 486 g/mol. The molecule has 2 atom stereocenters. The SMILES string of the molecule is O=C(COc1cccc(C(F)(F)F)c1)N1CCC(C(O)CC2c3ccccc3-c3cncn32)CC1. The van der Waals surface area contributed by atoms with Gasteiger partial charge in [0.05, 0.1) is 35.9 Å². The highest BCUT2D eigenvalue weighted by atomic mass is 19.4. The summed E-state index contributed by atoms with van der Waals surface area (Å²) in [4.78, 5) is 18.5. The molecule has 0 bridgehead atoms. The highest BCUT2D eigenvalue weighted by molar-refractivity contribution is 5.77. The number of carbonyl (C=O) groups is 1. The quantitative estimate of drug-likeness (QED) is 0.557. The van der Waals surface area contributed by atoms with Gasteiger partial charge in [0, 0.05) is 18.7 Å². The molecule has 3 heterocycles. The third-order valence-corrected chi connectivity index (χ3v) is 7.02. The van der Waals surface area contributed by atoms with Crippen LogP contribution in [0.3, 0.4) is 0 Å². The monoisotopic (exact) mass is 485 g/mol. The maximum absolute atomic E-state index is 12.9. The van der Waals surface area contributed by atoms with Crippen LogP contribution in [-0.4, -0.2) is 51.3 Å². The number of aliphatic hydroxyl groups excluding tert-OH is 1. The van der Waals surface area contributed by atoms with E-state index in [0.717, 1.165) is 23.4 Å². The minimum absolute atomic E-state index is 0.00852. The number of hydrogen-bond donors (Lipinski definition) is 1. The molecule has 35 heavy (non-hydrogen) atoms. The number of likely N-dealkylation sites (tertiary alicyclic amines) is 1. The molecule has 184 valence electrons. The van der Waals surface area contributed by atoms with Gasteiger partial charge in [0.1, 0.15) is 5.75 Å². The van der Waals surface area contributed by atoms with Crippen molar-refractivity contribution < 1.29 is 27.8 Å². The molecule has 5 rings (SSSR count). The van der Waals surface area contributed by atoms with Crippen LogP contribution in [0.25, 0.3) is 11.3 Å². The summed E-state index contributed by atoms with van der Waals surface area (Å²) in [6.45, 7) is 0.630. The third-order valence-electron chi connectivity index (χ3n) is 7.02. The fraction of sp³-hybridized carbons (Fsp3) is 0.385. The van der Waals surface area contributed by atoms with Crippen LogP contribution in [0.2, 0.25) is 0 Å². The first-order chi connectivity index (χ1) is 16.8. The van der Waals surface area contributed by atoms with E-state index in [4.69, 9.17) is 4.74 Å². The maximum Gasteiger partial charge on any atom is 0.416 e. The fourth-order valence-corrected chi connectivity index (χ4v) is 5.13. The maximum atomic E-state index is 12.9. The number of piperidine rings is 1. The van der Waals surface area contributed by atoms with E-state index in [1.165, 1.54) is 17.7 Å². The van der Waals surface area contributed by atoms with Crippen molar-refractivity contribution in [3.05, 3.63) is 72.2 Å². The van der Waals surface area contributed by atoms with E-state index in [0.29, 0.717) is 32.4 Å². The predicted molar refractivity (Wildman–Crippen MR) is 123 cm³/mol. The van der Waals surface area contributed by atoms with Gasteiger partial charge in [0.15, 0.2) is 6.61 Å². The zero-order chi connectivity index (χ0) is 24.6. The van der Waals surface area contributed by atoms with Crippen molar-refractivity contribution in [1.29, 1.82) is 0 Å². The van der Waals surface area contributed by atoms with E-state index < -0.39 is 17.8 Å². The Kier molecular flexibility index (Phi) is 6.27. The Morgan fingerprint density at radius 3 is 2.69 bits per heavy atom. The number of rotatable bonds is 6. The summed E-state index contributed by atoms with van der Waals surface area (Å²) in [5.41, 5.74) is 2.57. The molecule has 0 spiro atoms. The number of aliphatic hydroxyl groups is 1. The minimum atomic E-state index is -4.47. The second-order valence-corrected chi connectivity index (χ2v) is 9.12. The molecule has 1 N–H and O–H groups in total. The van der Waals surface area contributed by atoms with Gasteiger partial charge < -0.3 is 19.3 Å². The predicted octanol–water partition coefficient (Wildman–Crippen LogP) is 4.54. The summed E-state index contributed by atoms with van der Waals surface area (Å²) >= 11 is 0. The van der Waals surface area contributed by atoms with Gasteiger partial charge >= 0.3 is 6.18 Å². The molecule has 2 aliphatic rings. The van der Waals surface area contributed by atoms with Crippen LogP contribution in [0.5, 0.6) is 5.75 Å². The van der Waals surface area contributed by atoms with Crippen LogP contribution < -0.4 is 4.74 Å². The van der Waals surface area contributed by atoms with E-state index >= 15 is 0 Å². The van der Waals surface area contributed by atoms with Crippen molar-refractivity contribution in [2.24, 2.45) is 5.92 Å². The molecule has 2 aromatic carbocycles. The first kappa shape index (κ1) is 23.4. The average Bonchev–Trinajstić information content (AvgIpc) is 3.45. The highest BCUT2D eigenvalue weighted by Crippen LogP contribution is 2.42. The Labute approximate surface area is 201 Å². The van der Waals surface area contributed by atoms with E-state index in [-0.39, 0.29) is 30.2 Å². The standard InChI is InChI=1S/C26H26F3N3O3/c27-26(28,29)18-4-3-5-19(12-18)35-15-25(34)31-10-8-17(9-11-31)24(33)13-22-20-6-1-2-7-21(20)23-14-30-16-32(22)23/h1-7,12,14,16-17,22,24,33H,8-11,13,15H2. The van der Waals surface area contributed by atoms with E-state index in [1.54, 1.807) is 11.2 Å². The molecule has 0 saturated carbocycles. The topological polar surface area (TPSA) is 67.6 Å². The molecule has 0 radical (unpaired) electrons. The van der Waals surface area contributed by atoms with Gasteiger partial charge in [-0.25, -0.2) is 4.98 Å². The van der Waals surface area contributed by atoms with Crippen LogP contribution in [0.15, 0.2) is 61.1 Å². The zero-order valence-corrected chi connectivity index (χ0v) is 19.0. The van der Waals surface area contributed by atoms with Crippen molar-refractivity contribution in [2.45, 2.75) is 37.6 Å². The first-order valence-electron chi connectivity index (χ1n) is 11.7. The Balaban J connectivity index is 1.14. The van der Waals surface area contributed by atoms with Gasteiger partial charge in [-0.3, -0.25) is 4.79 Å². The number of aromatic nitrogens is 2. The summed E-state index contributed by atoms with van der Waals surface area (Å²) in [6, 6.07) is 12.7. The van der Waals surface area contributed by atoms with Crippen LogP contribution >= 0.6 is 0 Å². The lowest BCUT2D eigenvalue weighted by Gasteiger charge is -2.35. The Hall–Kier alpha value is -3.33. The van der Waals surface area contributed by atoms with E-state index in [1.807, 2.05) is 18.3 Å². The first-order valence-corrected chi connectivity index (χ1v) is 11.7. The summed E-state index contributed by atoms with van der Waals surface area (Å²) in [7, 11) is 0. The molecule has 0 aliphatic carbocycles. The summed E-state index contributed by atoms with van der Waals surface area (Å²) in [5, 5.41) is 11.0. The molecule has 2 aliphatic heterocycles. The van der Waals surface area contributed by atoms with Gasteiger partial charge in [-0.05, 0) is 48.9 Å². The molecule has 1 amide bonds.